The molecule has 6 heteroatoms. The van der Waals surface area contributed by atoms with Crippen LogP contribution in [0.25, 0.3) is 0 Å². The van der Waals surface area contributed by atoms with Crippen molar-refractivity contribution in [1.82, 2.24) is 0 Å². The zero-order valence-corrected chi connectivity index (χ0v) is 11.7. The second-order valence-corrected chi connectivity index (χ2v) is 4.96. The summed E-state index contributed by atoms with van der Waals surface area (Å²) in [6, 6.07) is 5.58. The van der Waals surface area contributed by atoms with Gasteiger partial charge in [-0.1, -0.05) is 15.9 Å². The van der Waals surface area contributed by atoms with Crippen LogP contribution in [-0.4, -0.2) is 39.1 Å². The zero-order valence-electron chi connectivity index (χ0n) is 10.1. The third-order valence-electron chi connectivity index (χ3n) is 2.83. The normalized spacial score (nSPS) is 14.5. The Morgan fingerprint density at radius 2 is 2.17 bits per heavy atom. The minimum absolute atomic E-state index is 0.0577. The molecule has 0 spiro atoms. The van der Waals surface area contributed by atoms with E-state index in [1.807, 2.05) is 30.1 Å². The predicted octanol–water partition coefficient (Wildman–Crippen LogP) is 1.40. The van der Waals surface area contributed by atoms with Gasteiger partial charge in [-0.2, -0.15) is 0 Å². The quantitative estimate of drug-likeness (QED) is 0.775. The van der Waals surface area contributed by atoms with E-state index in [0.29, 0.717) is 0 Å². The molecule has 1 aromatic rings. The topological polar surface area (TPSA) is 49.9 Å². The number of nitrogens with zero attached hydrogens (tertiary/aromatic N) is 2. The molecule has 0 radical (unpaired) electrons. The molecule has 0 saturated heterocycles. The van der Waals surface area contributed by atoms with Crippen molar-refractivity contribution in [3.05, 3.63) is 22.7 Å². The molecular weight excluding hydrogens is 300 g/mol. The van der Waals surface area contributed by atoms with Gasteiger partial charge in [0, 0.05) is 11.5 Å². The number of anilines is 2. The fourth-order valence-corrected chi connectivity index (χ4v) is 2.25. The van der Waals surface area contributed by atoms with Crippen molar-refractivity contribution in [1.29, 1.82) is 0 Å². The first-order chi connectivity index (χ1) is 8.52. The number of halogens is 1. The summed E-state index contributed by atoms with van der Waals surface area (Å²) >= 11 is 3.40. The Morgan fingerprint density at radius 3 is 2.83 bits per heavy atom. The smallest absolute Gasteiger partial charge is 0.325 e. The highest BCUT2D eigenvalue weighted by Gasteiger charge is 2.29. The van der Waals surface area contributed by atoms with Crippen LogP contribution in [-0.2, 0) is 14.3 Å². The number of rotatable bonds is 2. The molecule has 0 aliphatic carbocycles. The second kappa shape index (κ2) is 4.97. The summed E-state index contributed by atoms with van der Waals surface area (Å²) < 4.78 is 5.54. The molecule has 0 unspecified atom stereocenters. The molecule has 96 valence electrons. The molecule has 0 fully saturated rings. The zero-order chi connectivity index (χ0) is 13.3. The lowest BCUT2D eigenvalue weighted by atomic mass is 10.1. The van der Waals surface area contributed by atoms with Gasteiger partial charge >= 0.3 is 5.97 Å². The van der Waals surface area contributed by atoms with Gasteiger partial charge in [-0.25, -0.2) is 0 Å². The molecule has 2 rings (SSSR count). The molecular formula is C12H13BrN2O3. The monoisotopic (exact) mass is 312 g/mol. The molecule has 18 heavy (non-hydrogen) atoms. The summed E-state index contributed by atoms with van der Waals surface area (Å²) in [5, 5.41) is 0. The van der Waals surface area contributed by atoms with E-state index in [1.165, 1.54) is 12.0 Å². The van der Waals surface area contributed by atoms with Crippen LogP contribution in [0.2, 0.25) is 0 Å². The highest BCUT2D eigenvalue weighted by atomic mass is 79.9. The molecule has 1 aliphatic rings. The lowest BCUT2D eigenvalue weighted by Gasteiger charge is -2.34. The third kappa shape index (κ3) is 2.33. The molecule has 0 N–H and O–H groups in total. The Bertz CT molecular complexity index is 504. The Labute approximate surface area is 113 Å². The summed E-state index contributed by atoms with van der Waals surface area (Å²) in [5.41, 5.74) is 1.63. The van der Waals surface area contributed by atoms with Crippen molar-refractivity contribution >= 4 is 39.2 Å². The first-order valence-electron chi connectivity index (χ1n) is 5.41. The van der Waals surface area contributed by atoms with Gasteiger partial charge in [-0.15, -0.1) is 0 Å². The van der Waals surface area contributed by atoms with Gasteiger partial charge in [0.2, 0.25) is 5.91 Å². The van der Waals surface area contributed by atoms with Crippen LogP contribution in [0.3, 0.4) is 0 Å². The SMILES string of the molecule is COC(=O)CN1C(=O)CN(C)c2cc(Br)ccc21. The van der Waals surface area contributed by atoms with E-state index in [9.17, 15) is 9.59 Å². The molecule has 0 aromatic heterocycles. The van der Waals surface area contributed by atoms with Crippen LogP contribution < -0.4 is 9.80 Å². The minimum Gasteiger partial charge on any atom is -0.468 e. The van der Waals surface area contributed by atoms with Crippen LogP contribution in [0, 0.1) is 0 Å². The van der Waals surface area contributed by atoms with Gasteiger partial charge in [0.05, 0.1) is 25.0 Å². The Morgan fingerprint density at radius 1 is 1.44 bits per heavy atom. The highest BCUT2D eigenvalue weighted by molar-refractivity contribution is 9.10. The number of carbonyl (C=O) groups is 2. The van der Waals surface area contributed by atoms with Crippen LogP contribution in [0.5, 0.6) is 0 Å². The lowest BCUT2D eigenvalue weighted by molar-refractivity contribution is -0.140. The number of amides is 1. The number of hydrogen-bond donors (Lipinski definition) is 0. The number of methoxy groups -OCH3 is 1. The summed E-state index contributed by atoms with van der Waals surface area (Å²) in [7, 11) is 3.16. The van der Waals surface area contributed by atoms with E-state index in [4.69, 9.17) is 0 Å². The van der Waals surface area contributed by atoms with E-state index in [2.05, 4.69) is 20.7 Å². The summed E-state index contributed by atoms with van der Waals surface area (Å²) in [5.74, 6) is -0.542. The standard InChI is InChI=1S/C12H13BrN2O3/c1-14-6-11(16)15(7-12(17)18-2)9-4-3-8(13)5-10(9)14/h3-5H,6-7H2,1-2H3. The first kappa shape index (κ1) is 12.9. The maximum Gasteiger partial charge on any atom is 0.325 e. The average Bonchev–Trinajstić information content (AvgIpc) is 2.34. The number of carbonyl (C=O) groups excluding carboxylic acids is 2. The summed E-state index contributed by atoms with van der Waals surface area (Å²) in [6.07, 6.45) is 0. The van der Waals surface area contributed by atoms with Crippen molar-refractivity contribution in [3.63, 3.8) is 0 Å². The van der Waals surface area contributed by atoms with Crippen molar-refractivity contribution in [2.75, 3.05) is 37.0 Å². The van der Waals surface area contributed by atoms with Gasteiger partial charge in [-0.05, 0) is 18.2 Å². The number of hydrogen-bond acceptors (Lipinski definition) is 4. The van der Waals surface area contributed by atoms with Crippen molar-refractivity contribution in [2.45, 2.75) is 0 Å². The Hall–Kier alpha value is -1.56. The van der Waals surface area contributed by atoms with Crippen molar-refractivity contribution < 1.29 is 14.3 Å². The fourth-order valence-electron chi connectivity index (χ4n) is 1.91. The van der Waals surface area contributed by atoms with Crippen LogP contribution >= 0.6 is 15.9 Å². The number of likely N-dealkylation sites (N-methyl/N-ethyl adjacent to an activating group) is 1. The van der Waals surface area contributed by atoms with E-state index < -0.39 is 5.97 Å². The van der Waals surface area contributed by atoms with E-state index >= 15 is 0 Å². The molecule has 0 bridgehead atoms. The minimum atomic E-state index is -0.429. The van der Waals surface area contributed by atoms with E-state index in [0.717, 1.165) is 15.8 Å². The lowest BCUT2D eigenvalue weighted by Crippen LogP contribution is -2.46. The molecule has 0 saturated carbocycles. The molecule has 1 heterocycles. The number of fused-ring (bicyclic) bond motifs is 1. The van der Waals surface area contributed by atoms with Crippen LogP contribution in [0.4, 0.5) is 11.4 Å². The maximum absolute atomic E-state index is 12.0. The Balaban J connectivity index is 2.40. The molecule has 1 aromatic carbocycles. The molecule has 1 aliphatic heterocycles. The van der Waals surface area contributed by atoms with Crippen LogP contribution in [0.1, 0.15) is 0 Å². The van der Waals surface area contributed by atoms with E-state index in [-0.39, 0.29) is 19.0 Å². The number of benzene rings is 1. The largest absolute Gasteiger partial charge is 0.468 e. The van der Waals surface area contributed by atoms with Gasteiger partial charge in [0.25, 0.3) is 0 Å². The van der Waals surface area contributed by atoms with Gasteiger partial charge in [0.1, 0.15) is 6.54 Å². The van der Waals surface area contributed by atoms with Crippen molar-refractivity contribution in [3.8, 4) is 0 Å². The van der Waals surface area contributed by atoms with Gasteiger partial charge < -0.3 is 9.64 Å². The first-order valence-corrected chi connectivity index (χ1v) is 6.20. The average molecular weight is 313 g/mol. The fraction of sp³-hybridized carbons (Fsp3) is 0.333. The van der Waals surface area contributed by atoms with Gasteiger partial charge in [-0.3, -0.25) is 14.5 Å². The summed E-state index contributed by atoms with van der Waals surface area (Å²) in [4.78, 5) is 26.6. The molecule has 1 amide bonds. The summed E-state index contributed by atoms with van der Waals surface area (Å²) in [6.45, 7) is 0.193. The van der Waals surface area contributed by atoms with Crippen molar-refractivity contribution in [2.24, 2.45) is 0 Å². The van der Waals surface area contributed by atoms with Gasteiger partial charge in [0.15, 0.2) is 0 Å². The van der Waals surface area contributed by atoms with E-state index in [1.54, 1.807) is 0 Å². The maximum atomic E-state index is 12.0. The predicted molar refractivity (Wildman–Crippen MR) is 71.8 cm³/mol. The van der Waals surface area contributed by atoms with Crippen LogP contribution in [0.15, 0.2) is 22.7 Å². The molecule has 5 nitrogen and oxygen atoms in total. The highest BCUT2D eigenvalue weighted by Crippen LogP contribution is 2.34. The number of ether oxygens (including phenoxy) is 1. The third-order valence-corrected chi connectivity index (χ3v) is 3.32. The second-order valence-electron chi connectivity index (χ2n) is 4.05. The number of esters is 1. The Kier molecular flexibility index (Phi) is 3.56. The molecule has 0 atom stereocenters.